The van der Waals surface area contributed by atoms with E-state index in [2.05, 4.69) is 55.9 Å². The molecule has 3 aromatic heterocycles. The third-order valence-corrected chi connectivity index (χ3v) is 4.41. The lowest BCUT2D eigenvalue weighted by atomic mass is 10.1. The maximum Gasteiger partial charge on any atom is 0.231 e. The topological polar surface area (TPSA) is 29.9 Å². The molecule has 0 unspecified atom stereocenters. The van der Waals surface area contributed by atoms with Crippen LogP contribution in [0.1, 0.15) is 18.1 Å². The van der Waals surface area contributed by atoms with Crippen LogP contribution in [0, 0.1) is 6.92 Å². The second kappa shape index (κ2) is 5.20. The number of pyridine rings is 2. The van der Waals surface area contributed by atoms with Crippen LogP contribution < -0.4 is 4.57 Å². The number of aromatic nitrogens is 2. The Morgan fingerprint density at radius 1 is 1.09 bits per heavy atom. The van der Waals surface area contributed by atoms with E-state index in [0.29, 0.717) is 5.71 Å². The predicted molar refractivity (Wildman–Crippen MR) is 92.2 cm³/mol. The summed E-state index contributed by atoms with van der Waals surface area (Å²) < 4.78 is 8.08. The average Bonchev–Trinajstić information content (AvgIpc) is 2.92. The van der Waals surface area contributed by atoms with Crippen molar-refractivity contribution < 1.29 is 8.98 Å². The highest BCUT2D eigenvalue weighted by molar-refractivity contribution is 6.04. The van der Waals surface area contributed by atoms with Crippen molar-refractivity contribution >= 4 is 22.1 Å². The van der Waals surface area contributed by atoms with Crippen molar-refractivity contribution in [2.75, 3.05) is 0 Å². The third-order valence-electron chi connectivity index (χ3n) is 4.41. The minimum atomic E-state index is 0.700. The van der Waals surface area contributed by atoms with E-state index >= 15 is 0 Å². The molecule has 0 N–H and O–H groups in total. The first-order valence-corrected chi connectivity index (χ1v) is 7.95. The molecule has 4 rings (SSSR count). The molecule has 114 valence electrons. The normalized spacial score (nSPS) is 11.4. The van der Waals surface area contributed by atoms with Gasteiger partial charge in [0.1, 0.15) is 18.3 Å². The predicted octanol–water partition coefficient (Wildman–Crippen LogP) is 4.34. The number of aryl methyl sites for hydroxylation is 3. The van der Waals surface area contributed by atoms with Gasteiger partial charge in [-0.3, -0.25) is 0 Å². The molecule has 3 heteroatoms. The Balaban J connectivity index is 1.97. The fraction of sp³-hybridized carbons (Fsp3) is 0.200. The first-order valence-electron chi connectivity index (χ1n) is 7.95. The van der Waals surface area contributed by atoms with Crippen LogP contribution in [-0.4, -0.2) is 4.98 Å². The highest BCUT2D eigenvalue weighted by Gasteiger charge is 2.18. The number of rotatable bonds is 2. The molecule has 0 bridgehead atoms. The number of fused-ring (bicyclic) bond motifs is 3. The second-order valence-corrected chi connectivity index (χ2v) is 5.99. The maximum absolute atomic E-state index is 5.93. The van der Waals surface area contributed by atoms with Crippen LogP contribution in [0.3, 0.4) is 0 Å². The van der Waals surface area contributed by atoms with Gasteiger partial charge in [0.15, 0.2) is 6.20 Å². The van der Waals surface area contributed by atoms with Crippen molar-refractivity contribution in [1.82, 2.24) is 4.98 Å². The number of hydrogen-bond acceptors (Lipinski definition) is 2. The van der Waals surface area contributed by atoms with Crippen LogP contribution in [0.15, 0.2) is 53.1 Å². The first kappa shape index (κ1) is 13.9. The molecular formula is C20H19N2O+. The highest BCUT2D eigenvalue weighted by atomic mass is 16.3. The Bertz CT molecular complexity index is 1030. The molecular weight excluding hydrogens is 284 g/mol. The number of hydrogen-bond donors (Lipinski definition) is 0. The summed E-state index contributed by atoms with van der Waals surface area (Å²) in [5.41, 5.74) is 6.13. The van der Waals surface area contributed by atoms with E-state index in [-0.39, 0.29) is 0 Å². The summed E-state index contributed by atoms with van der Waals surface area (Å²) in [4.78, 5) is 4.81. The van der Waals surface area contributed by atoms with Crippen molar-refractivity contribution in [3.05, 3.63) is 59.8 Å². The molecule has 0 aliphatic rings. The van der Waals surface area contributed by atoms with Gasteiger partial charge < -0.3 is 4.42 Å². The summed E-state index contributed by atoms with van der Waals surface area (Å²) in [7, 11) is 2.07. The van der Waals surface area contributed by atoms with Gasteiger partial charge in [-0.15, -0.1) is 0 Å². The van der Waals surface area contributed by atoms with Crippen LogP contribution in [-0.2, 0) is 13.5 Å². The van der Waals surface area contributed by atoms with Gasteiger partial charge in [-0.25, -0.2) is 4.98 Å². The van der Waals surface area contributed by atoms with Crippen molar-refractivity contribution in [2.45, 2.75) is 20.3 Å². The largest absolute Gasteiger partial charge is 0.438 e. The van der Waals surface area contributed by atoms with Crippen molar-refractivity contribution in [1.29, 1.82) is 0 Å². The van der Waals surface area contributed by atoms with Crippen LogP contribution >= 0.6 is 0 Å². The molecule has 0 radical (unpaired) electrons. The van der Waals surface area contributed by atoms with Crippen LogP contribution in [0.25, 0.3) is 33.5 Å². The van der Waals surface area contributed by atoms with Gasteiger partial charge in [-0.05, 0) is 37.1 Å². The van der Waals surface area contributed by atoms with E-state index < -0.39 is 0 Å². The lowest BCUT2D eigenvalue weighted by Crippen LogP contribution is -2.31. The second-order valence-electron chi connectivity index (χ2n) is 5.99. The summed E-state index contributed by atoms with van der Waals surface area (Å²) in [6.45, 7) is 4.27. The fourth-order valence-corrected chi connectivity index (χ4v) is 3.13. The third kappa shape index (κ3) is 2.20. The average molecular weight is 303 g/mol. The van der Waals surface area contributed by atoms with Crippen LogP contribution in [0.4, 0.5) is 0 Å². The number of benzene rings is 1. The van der Waals surface area contributed by atoms with Crippen molar-refractivity contribution in [3.63, 3.8) is 0 Å². The van der Waals surface area contributed by atoms with Gasteiger partial charge in [0.05, 0.1) is 0 Å². The van der Waals surface area contributed by atoms with E-state index in [9.17, 15) is 0 Å². The molecule has 0 aliphatic heterocycles. The Labute approximate surface area is 135 Å². The zero-order valence-electron chi connectivity index (χ0n) is 13.6. The van der Waals surface area contributed by atoms with E-state index in [4.69, 9.17) is 9.40 Å². The Morgan fingerprint density at radius 2 is 1.91 bits per heavy atom. The molecule has 0 saturated heterocycles. The van der Waals surface area contributed by atoms with Crippen molar-refractivity contribution in [2.24, 2.45) is 7.05 Å². The summed E-state index contributed by atoms with van der Waals surface area (Å²) in [5.74, 6) is 0. The van der Waals surface area contributed by atoms with E-state index in [1.807, 2.05) is 18.2 Å². The van der Waals surface area contributed by atoms with Gasteiger partial charge >= 0.3 is 0 Å². The molecule has 0 amide bonds. The molecule has 23 heavy (non-hydrogen) atoms. The van der Waals surface area contributed by atoms with Crippen LogP contribution in [0.2, 0.25) is 0 Å². The Hall–Kier alpha value is -2.68. The standard InChI is InChI=1S/C20H19N2O/c1-4-14-9-10-17(22(3)12-14)19-13(2)11-16-15-7-5-6-8-18(15)23-20(16)21-19/h5-12H,4H2,1-3H3/q+1. The number of nitrogens with zero attached hydrogens (tertiary/aromatic N) is 2. The molecule has 4 aromatic rings. The van der Waals surface area contributed by atoms with Gasteiger partial charge in [-0.1, -0.05) is 25.1 Å². The zero-order valence-corrected chi connectivity index (χ0v) is 13.6. The van der Waals surface area contributed by atoms with Gasteiger partial charge in [0, 0.05) is 22.4 Å². The number of furan rings is 1. The minimum Gasteiger partial charge on any atom is -0.438 e. The van der Waals surface area contributed by atoms with Gasteiger partial charge in [0.2, 0.25) is 11.4 Å². The SMILES string of the molecule is CCc1ccc(-c2nc3oc4ccccc4c3cc2C)[n+](C)c1. The summed E-state index contributed by atoms with van der Waals surface area (Å²) >= 11 is 0. The molecule has 0 saturated carbocycles. The monoisotopic (exact) mass is 303 g/mol. The van der Waals surface area contributed by atoms with E-state index in [1.165, 1.54) is 5.56 Å². The fourth-order valence-electron chi connectivity index (χ4n) is 3.13. The minimum absolute atomic E-state index is 0.700. The molecule has 0 fully saturated rings. The summed E-state index contributed by atoms with van der Waals surface area (Å²) in [6.07, 6.45) is 3.20. The molecule has 0 atom stereocenters. The molecule has 0 aliphatic carbocycles. The van der Waals surface area contributed by atoms with Gasteiger partial charge in [0.25, 0.3) is 0 Å². The molecule has 3 heterocycles. The van der Waals surface area contributed by atoms with Crippen molar-refractivity contribution in [3.8, 4) is 11.4 Å². The molecule has 3 nitrogen and oxygen atoms in total. The Morgan fingerprint density at radius 3 is 2.70 bits per heavy atom. The zero-order chi connectivity index (χ0) is 16.0. The first-order chi connectivity index (χ1) is 11.2. The number of para-hydroxylation sites is 1. The summed E-state index contributed by atoms with van der Waals surface area (Å²) in [6, 6.07) is 14.6. The van der Waals surface area contributed by atoms with E-state index in [0.717, 1.165) is 39.7 Å². The Kier molecular flexibility index (Phi) is 3.15. The quantitative estimate of drug-likeness (QED) is 0.515. The maximum atomic E-state index is 5.93. The lowest BCUT2D eigenvalue weighted by molar-refractivity contribution is -0.661. The molecule has 0 spiro atoms. The summed E-state index contributed by atoms with van der Waals surface area (Å²) in [5, 5.41) is 2.20. The lowest BCUT2D eigenvalue weighted by Gasteiger charge is -2.04. The molecule has 1 aromatic carbocycles. The highest BCUT2D eigenvalue weighted by Crippen LogP contribution is 2.31. The van der Waals surface area contributed by atoms with Crippen LogP contribution in [0.5, 0.6) is 0 Å². The van der Waals surface area contributed by atoms with Gasteiger partial charge in [-0.2, -0.15) is 4.57 Å². The van der Waals surface area contributed by atoms with E-state index in [1.54, 1.807) is 0 Å². The smallest absolute Gasteiger partial charge is 0.231 e.